The molecule has 1 aromatic rings. The van der Waals surface area contributed by atoms with Crippen LogP contribution in [0.5, 0.6) is 0 Å². The molecule has 1 saturated heterocycles. The third kappa shape index (κ3) is 7.42. The molecular formula is C19H30N2O4. The minimum Gasteiger partial charge on any atom is -0.444 e. The summed E-state index contributed by atoms with van der Waals surface area (Å²) in [5, 5.41) is 10.1. The quantitative estimate of drug-likeness (QED) is 0.851. The Labute approximate surface area is 150 Å². The first-order valence-corrected chi connectivity index (χ1v) is 8.83. The minimum absolute atomic E-state index is 0.265. The van der Waals surface area contributed by atoms with Crippen LogP contribution in [0.2, 0.25) is 0 Å². The fraction of sp³-hybridized carbons (Fsp3) is 0.632. The lowest BCUT2D eigenvalue weighted by atomic mass is 10.2. The van der Waals surface area contributed by atoms with Crippen molar-refractivity contribution in [1.29, 1.82) is 0 Å². The summed E-state index contributed by atoms with van der Waals surface area (Å²) in [6.45, 7) is 9.66. The molecule has 1 amide bonds. The van der Waals surface area contributed by atoms with E-state index < -0.39 is 11.7 Å². The number of carbonyl (C=O) groups excluding carboxylic acids is 1. The van der Waals surface area contributed by atoms with Gasteiger partial charge in [0.1, 0.15) is 5.60 Å². The fourth-order valence-corrected chi connectivity index (χ4v) is 2.68. The number of ether oxygens (including phenoxy) is 2. The normalized spacial score (nSPS) is 17.4. The van der Waals surface area contributed by atoms with Crippen LogP contribution in [-0.4, -0.2) is 72.0 Å². The van der Waals surface area contributed by atoms with Gasteiger partial charge in [0.05, 0.1) is 19.3 Å². The van der Waals surface area contributed by atoms with Crippen LogP contribution >= 0.6 is 0 Å². The molecule has 6 nitrogen and oxygen atoms in total. The van der Waals surface area contributed by atoms with Crippen LogP contribution in [0.3, 0.4) is 0 Å². The van der Waals surface area contributed by atoms with Crippen molar-refractivity contribution in [3.63, 3.8) is 0 Å². The Morgan fingerprint density at radius 3 is 2.40 bits per heavy atom. The van der Waals surface area contributed by atoms with Gasteiger partial charge in [0.2, 0.25) is 0 Å². The zero-order valence-electron chi connectivity index (χ0n) is 15.5. The van der Waals surface area contributed by atoms with Gasteiger partial charge in [-0.2, -0.15) is 0 Å². The standard InChI is InChI=1S/C19H30N2O4/c1-19(2,3)25-18(23)21-11-9-20(10-12-21)13-17(22)15-24-14-16-7-5-4-6-8-16/h4-8,17,22H,9-15H2,1-3H3. The molecule has 1 fully saturated rings. The van der Waals surface area contributed by atoms with Gasteiger partial charge >= 0.3 is 6.09 Å². The molecule has 1 heterocycles. The molecule has 1 aliphatic rings. The van der Waals surface area contributed by atoms with Gasteiger partial charge in [-0.25, -0.2) is 4.79 Å². The van der Waals surface area contributed by atoms with Gasteiger partial charge in [-0.3, -0.25) is 4.90 Å². The number of rotatable bonds is 6. The first kappa shape index (κ1) is 19.7. The number of amides is 1. The number of aliphatic hydroxyl groups excluding tert-OH is 1. The number of hydrogen-bond donors (Lipinski definition) is 1. The van der Waals surface area contributed by atoms with Crippen molar-refractivity contribution in [2.75, 3.05) is 39.3 Å². The monoisotopic (exact) mass is 350 g/mol. The molecule has 0 spiro atoms. The second-order valence-corrected chi connectivity index (χ2v) is 7.42. The maximum absolute atomic E-state index is 12.0. The van der Waals surface area contributed by atoms with Crippen molar-refractivity contribution < 1.29 is 19.4 Å². The number of hydrogen-bond acceptors (Lipinski definition) is 5. The molecule has 0 aliphatic carbocycles. The van der Waals surface area contributed by atoms with E-state index in [9.17, 15) is 9.90 Å². The lowest BCUT2D eigenvalue weighted by molar-refractivity contribution is -0.00727. The summed E-state index contributed by atoms with van der Waals surface area (Å²) >= 11 is 0. The zero-order valence-corrected chi connectivity index (χ0v) is 15.5. The summed E-state index contributed by atoms with van der Waals surface area (Å²) in [5.74, 6) is 0. The number of β-amino-alcohol motifs (C(OH)–C–C–N with tert-alkyl or cyclic N) is 1. The Balaban J connectivity index is 1.63. The second-order valence-electron chi connectivity index (χ2n) is 7.42. The first-order valence-electron chi connectivity index (χ1n) is 8.83. The topological polar surface area (TPSA) is 62.2 Å². The van der Waals surface area contributed by atoms with Gasteiger partial charge in [0.15, 0.2) is 0 Å². The smallest absolute Gasteiger partial charge is 0.410 e. The Morgan fingerprint density at radius 1 is 1.16 bits per heavy atom. The maximum atomic E-state index is 12.0. The van der Waals surface area contributed by atoms with Gasteiger partial charge < -0.3 is 19.5 Å². The number of benzene rings is 1. The molecule has 1 N–H and O–H groups in total. The van der Waals surface area contributed by atoms with E-state index in [1.54, 1.807) is 4.90 Å². The summed E-state index contributed by atoms with van der Waals surface area (Å²) in [4.78, 5) is 15.9. The molecule has 1 aliphatic heterocycles. The Morgan fingerprint density at radius 2 is 1.80 bits per heavy atom. The van der Waals surface area contributed by atoms with E-state index in [1.807, 2.05) is 51.1 Å². The van der Waals surface area contributed by atoms with Crippen LogP contribution in [0, 0.1) is 0 Å². The van der Waals surface area contributed by atoms with Crippen molar-refractivity contribution in [2.24, 2.45) is 0 Å². The number of carbonyl (C=O) groups is 1. The van der Waals surface area contributed by atoms with Crippen molar-refractivity contribution in [1.82, 2.24) is 9.80 Å². The number of nitrogens with zero attached hydrogens (tertiary/aromatic N) is 2. The van der Waals surface area contributed by atoms with E-state index in [0.29, 0.717) is 32.8 Å². The Hall–Kier alpha value is -1.63. The summed E-state index contributed by atoms with van der Waals surface area (Å²) < 4.78 is 11.0. The van der Waals surface area contributed by atoms with E-state index in [1.165, 1.54) is 0 Å². The third-order valence-corrected chi connectivity index (χ3v) is 3.91. The largest absolute Gasteiger partial charge is 0.444 e. The van der Waals surface area contributed by atoms with E-state index >= 15 is 0 Å². The maximum Gasteiger partial charge on any atom is 0.410 e. The van der Waals surface area contributed by atoms with Gasteiger partial charge in [0.25, 0.3) is 0 Å². The highest BCUT2D eigenvalue weighted by atomic mass is 16.6. The van der Waals surface area contributed by atoms with E-state index in [0.717, 1.165) is 18.7 Å². The highest BCUT2D eigenvalue weighted by Crippen LogP contribution is 2.12. The Bertz CT molecular complexity index is 522. The molecule has 0 aromatic heterocycles. The molecule has 0 bridgehead atoms. The van der Waals surface area contributed by atoms with Crippen LogP contribution in [0.1, 0.15) is 26.3 Å². The van der Waals surface area contributed by atoms with Crippen molar-refractivity contribution in [2.45, 2.75) is 39.1 Å². The van der Waals surface area contributed by atoms with E-state index in [4.69, 9.17) is 9.47 Å². The van der Waals surface area contributed by atoms with Gasteiger partial charge in [0, 0.05) is 32.7 Å². The zero-order chi connectivity index (χ0) is 18.3. The highest BCUT2D eigenvalue weighted by Gasteiger charge is 2.26. The lowest BCUT2D eigenvalue weighted by Gasteiger charge is -2.36. The first-order chi connectivity index (χ1) is 11.8. The minimum atomic E-state index is -0.531. The van der Waals surface area contributed by atoms with Crippen molar-refractivity contribution in [3.8, 4) is 0 Å². The van der Waals surface area contributed by atoms with Gasteiger partial charge in [-0.1, -0.05) is 30.3 Å². The summed E-state index contributed by atoms with van der Waals surface area (Å²) in [6, 6.07) is 9.92. The molecule has 1 aromatic carbocycles. The fourth-order valence-electron chi connectivity index (χ4n) is 2.68. The average Bonchev–Trinajstić information content (AvgIpc) is 2.55. The predicted octanol–water partition coefficient (Wildman–Crippen LogP) is 2.12. The molecule has 140 valence electrons. The SMILES string of the molecule is CC(C)(C)OC(=O)N1CCN(CC(O)COCc2ccccc2)CC1. The number of aliphatic hydroxyl groups is 1. The molecule has 25 heavy (non-hydrogen) atoms. The van der Waals surface area contributed by atoms with E-state index in [-0.39, 0.29) is 6.09 Å². The van der Waals surface area contributed by atoms with Crippen molar-refractivity contribution >= 4 is 6.09 Å². The molecular weight excluding hydrogens is 320 g/mol. The molecule has 6 heteroatoms. The van der Waals surface area contributed by atoms with Crippen LogP contribution in [0.25, 0.3) is 0 Å². The van der Waals surface area contributed by atoms with Gasteiger partial charge in [-0.05, 0) is 26.3 Å². The lowest BCUT2D eigenvalue weighted by Crippen LogP contribution is -2.51. The number of piperazine rings is 1. The second kappa shape index (κ2) is 9.17. The Kier molecular flexibility index (Phi) is 7.23. The van der Waals surface area contributed by atoms with Gasteiger partial charge in [-0.15, -0.1) is 0 Å². The van der Waals surface area contributed by atoms with Crippen molar-refractivity contribution in [3.05, 3.63) is 35.9 Å². The molecule has 1 atom stereocenters. The van der Waals surface area contributed by atoms with Crippen LogP contribution in [0.4, 0.5) is 4.79 Å². The molecule has 1 unspecified atom stereocenters. The molecule has 2 rings (SSSR count). The molecule has 0 radical (unpaired) electrons. The van der Waals surface area contributed by atoms with Crippen LogP contribution in [0.15, 0.2) is 30.3 Å². The summed E-state index contributed by atoms with van der Waals surface area (Å²) in [5.41, 5.74) is 0.626. The molecule has 0 saturated carbocycles. The third-order valence-electron chi connectivity index (χ3n) is 3.91. The van der Waals surface area contributed by atoms with Crippen LogP contribution in [-0.2, 0) is 16.1 Å². The van der Waals surface area contributed by atoms with E-state index in [2.05, 4.69) is 4.90 Å². The average molecular weight is 350 g/mol. The highest BCUT2D eigenvalue weighted by molar-refractivity contribution is 5.68. The van der Waals surface area contributed by atoms with Crippen LogP contribution < -0.4 is 0 Å². The predicted molar refractivity (Wildman–Crippen MR) is 96.4 cm³/mol. The summed E-state index contributed by atoms with van der Waals surface area (Å²) in [7, 11) is 0. The summed E-state index contributed by atoms with van der Waals surface area (Å²) in [6.07, 6.45) is -0.796.